The highest BCUT2D eigenvalue weighted by molar-refractivity contribution is 7.08. The number of rotatable bonds is 2. The lowest BCUT2D eigenvalue weighted by atomic mass is 9.99. The Bertz CT molecular complexity index is 380. The van der Waals surface area contributed by atoms with Crippen LogP contribution in [0.1, 0.15) is 35.7 Å². The molecule has 1 fully saturated rings. The van der Waals surface area contributed by atoms with Crippen molar-refractivity contribution in [2.45, 2.75) is 38.8 Å². The number of halogens is 1. The molecular formula is C12H19ClN2OS. The standard InChI is InChI=1S/C12H18N2OS.ClH/c1-8-6-16-7-10(8)12(15)14-11-4-3-5-13-9(11)2;/h6-7,9,11,13H,3-5H2,1-2H3,(H,14,15);1H. The summed E-state index contributed by atoms with van der Waals surface area (Å²) in [5, 5.41) is 10.4. The van der Waals surface area contributed by atoms with Crippen LogP contribution in [0.25, 0.3) is 0 Å². The van der Waals surface area contributed by atoms with Gasteiger partial charge in [0.25, 0.3) is 5.91 Å². The summed E-state index contributed by atoms with van der Waals surface area (Å²) in [7, 11) is 0. The number of carbonyl (C=O) groups excluding carboxylic acids is 1. The van der Waals surface area contributed by atoms with Gasteiger partial charge in [-0.1, -0.05) is 0 Å². The van der Waals surface area contributed by atoms with E-state index >= 15 is 0 Å². The van der Waals surface area contributed by atoms with E-state index in [4.69, 9.17) is 0 Å². The van der Waals surface area contributed by atoms with E-state index in [2.05, 4.69) is 17.6 Å². The normalized spacial score (nSPS) is 23.9. The number of thiophene rings is 1. The third kappa shape index (κ3) is 3.44. The highest BCUT2D eigenvalue weighted by Gasteiger charge is 2.23. The Balaban J connectivity index is 0.00000144. The molecule has 2 heterocycles. The number of carbonyl (C=O) groups is 1. The molecule has 1 aromatic rings. The smallest absolute Gasteiger partial charge is 0.252 e. The molecule has 1 aliphatic heterocycles. The summed E-state index contributed by atoms with van der Waals surface area (Å²) in [4.78, 5) is 12.0. The fourth-order valence-corrected chi connectivity index (χ4v) is 2.91. The predicted molar refractivity (Wildman–Crippen MR) is 74.3 cm³/mol. The first-order valence-electron chi connectivity index (χ1n) is 5.75. The molecule has 17 heavy (non-hydrogen) atoms. The van der Waals surface area contributed by atoms with Gasteiger partial charge >= 0.3 is 0 Å². The molecule has 0 spiro atoms. The summed E-state index contributed by atoms with van der Waals surface area (Å²) in [6.07, 6.45) is 2.21. The average molecular weight is 275 g/mol. The van der Waals surface area contributed by atoms with Crippen molar-refractivity contribution in [2.75, 3.05) is 6.54 Å². The van der Waals surface area contributed by atoms with Crippen molar-refractivity contribution in [3.63, 3.8) is 0 Å². The number of amides is 1. The second-order valence-electron chi connectivity index (χ2n) is 4.43. The van der Waals surface area contributed by atoms with Gasteiger partial charge in [0.1, 0.15) is 0 Å². The van der Waals surface area contributed by atoms with Crippen molar-refractivity contribution < 1.29 is 4.79 Å². The summed E-state index contributed by atoms with van der Waals surface area (Å²) in [5.74, 6) is 0.0688. The van der Waals surface area contributed by atoms with Crippen molar-refractivity contribution in [3.05, 3.63) is 21.9 Å². The third-order valence-corrected chi connectivity index (χ3v) is 4.04. The molecule has 2 unspecified atom stereocenters. The molecule has 1 saturated heterocycles. The fourth-order valence-electron chi connectivity index (χ4n) is 2.08. The molecule has 96 valence electrons. The lowest BCUT2D eigenvalue weighted by Crippen LogP contribution is -2.51. The first-order valence-corrected chi connectivity index (χ1v) is 6.70. The van der Waals surface area contributed by atoms with Gasteiger partial charge in [0.05, 0.1) is 5.56 Å². The molecule has 2 atom stereocenters. The summed E-state index contributed by atoms with van der Waals surface area (Å²) >= 11 is 1.58. The van der Waals surface area contributed by atoms with E-state index < -0.39 is 0 Å². The quantitative estimate of drug-likeness (QED) is 0.869. The van der Waals surface area contributed by atoms with Gasteiger partial charge in [-0.25, -0.2) is 0 Å². The number of piperidine rings is 1. The summed E-state index contributed by atoms with van der Waals surface area (Å²) in [5.41, 5.74) is 1.89. The molecule has 0 aliphatic carbocycles. The average Bonchev–Trinajstić information content (AvgIpc) is 2.68. The van der Waals surface area contributed by atoms with Crippen LogP contribution in [-0.4, -0.2) is 24.5 Å². The minimum atomic E-state index is 0. The van der Waals surface area contributed by atoms with Crippen LogP contribution in [-0.2, 0) is 0 Å². The first-order chi connectivity index (χ1) is 7.68. The molecule has 0 saturated carbocycles. The van der Waals surface area contributed by atoms with Crippen molar-refractivity contribution in [2.24, 2.45) is 0 Å². The molecule has 3 nitrogen and oxygen atoms in total. The van der Waals surface area contributed by atoms with Gasteiger partial charge in [-0.3, -0.25) is 4.79 Å². The Morgan fingerprint density at radius 1 is 1.53 bits per heavy atom. The van der Waals surface area contributed by atoms with E-state index in [-0.39, 0.29) is 24.4 Å². The van der Waals surface area contributed by atoms with Gasteiger partial charge < -0.3 is 10.6 Å². The van der Waals surface area contributed by atoms with E-state index in [0.717, 1.165) is 30.5 Å². The molecule has 2 rings (SSSR count). The van der Waals surface area contributed by atoms with Gasteiger partial charge in [0, 0.05) is 17.5 Å². The van der Waals surface area contributed by atoms with Crippen molar-refractivity contribution in [3.8, 4) is 0 Å². The van der Waals surface area contributed by atoms with E-state index in [1.54, 1.807) is 11.3 Å². The zero-order chi connectivity index (χ0) is 11.5. The summed E-state index contributed by atoms with van der Waals surface area (Å²) in [6.45, 7) is 5.17. The van der Waals surface area contributed by atoms with Gasteiger partial charge in [0.2, 0.25) is 0 Å². The molecule has 1 aliphatic rings. The summed E-state index contributed by atoms with van der Waals surface area (Å²) in [6, 6.07) is 0.636. The van der Waals surface area contributed by atoms with Gasteiger partial charge in [-0.05, 0) is 44.2 Å². The van der Waals surface area contributed by atoms with E-state index in [0.29, 0.717) is 6.04 Å². The van der Waals surface area contributed by atoms with Gasteiger partial charge in [0.15, 0.2) is 0 Å². The molecule has 1 amide bonds. The molecule has 0 aromatic carbocycles. The predicted octanol–water partition coefficient (Wildman–Crippen LogP) is 2.35. The molecular weight excluding hydrogens is 256 g/mol. The topological polar surface area (TPSA) is 41.1 Å². The molecule has 2 N–H and O–H groups in total. The molecule has 5 heteroatoms. The fraction of sp³-hybridized carbons (Fsp3) is 0.583. The largest absolute Gasteiger partial charge is 0.348 e. The molecule has 0 bridgehead atoms. The number of hydrogen-bond acceptors (Lipinski definition) is 3. The molecule has 0 radical (unpaired) electrons. The van der Waals surface area contributed by atoms with Crippen LogP contribution in [0, 0.1) is 6.92 Å². The van der Waals surface area contributed by atoms with Crippen LogP contribution in [0.15, 0.2) is 10.8 Å². The van der Waals surface area contributed by atoms with E-state index in [9.17, 15) is 4.79 Å². The maximum atomic E-state index is 12.0. The zero-order valence-electron chi connectivity index (χ0n) is 10.2. The maximum Gasteiger partial charge on any atom is 0.252 e. The second-order valence-corrected chi connectivity index (χ2v) is 5.18. The minimum absolute atomic E-state index is 0. The highest BCUT2D eigenvalue weighted by Crippen LogP contribution is 2.15. The van der Waals surface area contributed by atoms with E-state index in [1.165, 1.54) is 0 Å². The maximum absolute atomic E-state index is 12.0. The summed E-state index contributed by atoms with van der Waals surface area (Å²) < 4.78 is 0. The van der Waals surface area contributed by atoms with Crippen LogP contribution >= 0.6 is 23.7 Å². The zero-order valence-corrected chi connectivity index (χ0v) is 11.8. The van der Waals surface area contributed by atoms with Gasteiger partial charge in [-0.15, -0.1) is 12.4 Å². The van der Waals surface area contributed by atoms with Crippen LogP contribution in [0.4, 0.5) is 0 Å². The van der Waals surface area contributed by atoms with Gasteiger partial charge in [-0.2, -0.15) is 11.3 Å². The Morgan fingerprint density at radius 3 is 2.88 bits per heavy atom. The Kier molecular flexibility index (Phi) is 5.43. The number of aryl methyl sites for hydroxylation is 1. The lowest BCUT2D eigenvalue weighted by molar-refractivity contribution is 0.0919. The Labute approximate surface area is 112 Å². The minimum Gasteiger partial charge on any atom is -0.348 e. The highest BCUT2D eigenvalue weighted by atomic mass is 35.5. The number of nitrogens with one attached hydrogen (secondary N) is 2. The Hall–Kier alpha value is -0.580. The van der Waals surface area contributed by atoms with E-state index in [1.807, 2.05) is 17.7 Å². The van der Waals surface area contributed by atoms with Crippen molar-refractivity contribution >= 4 is 29.7 Å². The van der Waals surface area contributed by atoms with Crippen molar-refractivity contribution in [1.82, 2.24) is 10.6 Å². The van der Waals surface area contributed by atoms with Crippen LogP contribution in [0.5, 0.6) is 0 Å². The molecule has 1 aromatic heterocycles. The van der Waals surface area contributed by atoms with Crippen LogP contribution < -0.4 is 10.6 Å². The monoisotopic (exact) mass is 274 g/mol. The Morgan fingerprint density at radius 2 is 2.29 bits per heavy atom. The lowest BCUT2D eigenvalue weighted by Gasteiger charge is -2.30. The third-order valence-electron chi connectivity index (χ3n) is 3.18. The number of hydrogen-bond donors (Lipinski definition) is 2. The first kappa shape index (κ1) is 14.5. The van der Waals surface area contributed by atoms with Crippen molar-refractivity contribution in [1.29, 1.82) is 0 Å². The van der Waals surface area contributed by atoms with Crippen LogP contribution in [0.2, 0.25) is 0 Å². The SMILES string of the molecule is Cc1cscc1C(=O)NC1CCCNC1C.Cl. The second kappa shape index (κ2) is 6.38. The van der Waals surface area contributed by atoms with Crippen LogP contribution in [0.3, 0.4) is 0 Å².